The van der Waals surface area contributed by atoms with E-state index in [4.69, 9.17) is 4.98 Å². The molecule has 1 amide bonds. The molecule has 0 radical (unpaired) electrons. The highest BCUT2D eigenvalue weighted by atomic mass is 32.2. The summed E-state index contributed by atoms with van der Waals surface area (Å²) in [5.74, 6) is 0.0507. The first-order valence-electron chi connectivity index (χ1n) is 11.1. The number of aryl methyl sites for hydroxylation is 4. The van der Waals surface area contributed by atoms with Crippen molar-refractivity contribution in [3.8, 4) is 5.69 Å². The summed E-state index contributed by atoms with van der Waals surface area (Å²) in [7, 11) is 0. The van der Waals surface area contributed by atoms with Crippen LogP contribution in [-0.2, 0) is 17.6 Å². The van der Waals surface area contributed by atoms with Gasteiger partial charge in [-0.05, 0) is 68.9 Å². The Labute approximate surface area is 200 Å². The zero-order chi connectivity index (χ0) is 22.9. The molecule has 168 valence electrons. The number of amides is 1. The average Bonchev–Trinajstić information content (AvgIpc) is 3.19. The van der Waals surface area contributed by atoms with Crippen LogP contribution in [0.1, 0.15) is 34.4 Å². The number of fused-ring (bicyclic) bond motifs is 3. The van der Waals surface area contributed by atoms with Crippen LogP contribution >= 0.6 is 23.1 Å². The summed E-state index contributed by atoms with van der Waals surface area (Å²) in [6.07, 6.45) is 4.22. The van der Waals surface area contributed by atoms with Crippen LogP contribution in [0.5, 0.6) is 0 Å². The molecule has 2 aromatic carbocycles. The molecule has 1 aliphatic rings. The van der Waals surface area contributed by atoms with Crippen LogP contribution in [0.25, 0.3) is 15.9 Å². The van der Waals surface area contributed by atoms with E-state index in [0.29, 0.717) is 5.16 Å². The molecule has 1 N–H and O–H groups in total. The summed E-state index contributed by atoms with van der Waals surface area (Å²) in [4.78, 5) is 33.4. The van der Waals surface area contributed by atoms with E-state index in [-0.39, 0.29) is 17.2 Å². The fourth-order valence-electron chi connectivity index (χ4n) is 4.36. The van der Waals surface area contributed by atoms with Crippen LogP contribution in [0.2, 0.25) is 0 Å². The minimum atomic E-state index is -0.119. The van der Waals surface area contributed by atoms with Gasteiger partial charge in [-0.2, -0.15) is 0 Å². The normalized spacial score (nSPS) is 13.2. The van der Waals surface area contributed by atoms with Gasteiger partial charge in [0.2, 0.25) is 5.91 Å². The Balaban J connectivity index is 1.50. The van der Waals surface area contributed by atoms with Crippen molar-refractivity contribution in [3.05, 3.63) is 80.5 Å². The van der Waals surface area contributed by atoms with Gasteiger partial charge in [-0.15, -0.1) is 11.3 Å². The van der Waals surface area contributed by atoms with E-state index in [9.17, 15) is 9.59 Å². The number of hydrogen-bond acceptors (Lipinski definition) is 5. The SMILES string of the molecule is Cc1ccc(NC(=O)CSc2nc3sc4c(c3c(=O)n2-c2ccccc2)CCCC4)c(C)c1. The topological polar surface area (TPSA) is 64.0 Å². The van der Waals surface area contributed by atoms with Gasteiger partial charge in [0.15, 0.2) is 5.16 Å². The Hall–Kier alpha value is -2.90. The lowest BCUT2D eigenvalue weighted by molar-refractivity contribution is -0.113. The van der Waals surface area contributed by atoms with Gasteiger partial charge in [-0.3, -0.25) is 14.2 Å². The smallest absolute Gasteiger partial charge is 0.267 e. The molecular formula is C26H25N3O2S2. The number of para-hydroxylation sites is 1. The molecule has 0 fully saturated rings. The summed E-state index contributed by atoms with van der Waals surface area (Å²) in [5, 5.41) is 4.29. The maximum atomic E-state index is 13.7. The van der Waals surface area contributed by atoms with Gasteiger partial charge in [0.05, 0.1) is 16.8 Å². The van der Waals surface area contributed by atoms with Crippen molar-refractivity contribution < 1.29 is 4.79 Å². The molecule has 4 aromatic rings. The number of thioether (sulfide) groups is 1. The molecule has 5 nitrogen and oxygen atoms in total. The van der Waals surface area contributed by atoms with Gasteiger partial charge >= 0.3 is 0 Å². The molecule has 33 heavy (non-hydrogen) atoms. The minimum Gasteiger partial charge on any atom is -0.325 e. The molecule has 0 bridgehead atoms. The van der Waals surface area contributed by atoms with Crippen molar-refractivity contribution >= 4 is 44.9 Å². The van der Waals surface area contributed by atoms with E-state index >= 15 is 0 Å². The third kappa shape index (κ3) is 4.35. The number of carbonyl (C=O) groups excluding carboxylic acids is 1. The number of nitrogens with one attached hydrogen (secondary N) is 1. The van der Waals surface area contributed by atoms with Crippen molar-refractivity contribution in [2.45, 2.75) is 44.7 Å². The standard InChI is InChI=1S/C26H25N3O2S2/c1-16-12-13-20(17(2)14-16)27-22(30)15-32-26-28-24-23(19-10-6-7-11-21(19)33-24)25(31)29(26)18-8-4-3-5-9-18/h3-5,8-9,12-14H,6-7,10-11,15H2,1-2H3,(H,27,30). The fraction of sp³-hybridized carbons (Fsp3) is 0.269. The van der Waals surface area contributed by atoms with Crippen LogP contribution in [-0.4, -0.2) is 21.2 Å². The highest BCUT2D eigenvalue weighted by Crippen LogP contribution is 2.35. The number of aromatic nitrogens is 2. The molecule has 1 aliphatic carbocycles. The summed E-state index contributed by atoms with van der Waals surface area (Å²) < 4.78 is 1.67. The molecule has 0 saturated heterocycles. The van der Waals surface area contributed by atoms with Crippen LogP contribution in [0.15, 0.2) is 58.5 Å². The molecule has 0 saturated carbocycles. The Kier molecular flexibility index (Phi) is 6.08. The van der Waals surface area contributed by atoms with E-state index in [1.165, 1.54) is 22.2 Å². The van der Waals surface area contributed by atoms with Crippen molar-refractivity contribution in [2.75, 3.05) is 11.1 Å². The van der Waals surface area contributed by atoms with E-state index in [1.54, 1.807) is 15.9 Å². The lowest BCUT2D eigenvalue weighted by Gasteiger charge is -2.14. The number of anilines is 1. The number of hydrogen-bond donors (Lipinski definition) is 1. The Morgan fingerprint density at radius 3 is 2.70 bits per heavy atom. The molecule has 0 aliphatic heterocycles. The zero-order valence-corrected chi connectivity index (χ0v) is 20.3. The summed E-state index contributed by atoms with van der Waals surface area (Å²) in [6.45, 7) is 4.01. The second kappa shape index (κ2) is 9.15. The maximum Gasteiger partial charge on any atom is 0.267 e. The fourth-order valence-corrected chi connectivity index (χ4v) is 6.47. The van der Waals surface area contributed by atoms with Crippen molar-refractivity contribution in [1.29, 1.82) is 0 Å². The van der Waals surface area contributed by atoms with Gasteiger partial charge in [0, 0.05) is 10.6 Å². The van der Waals surface area contributed by atoms with Crippen molar-refractivity contribution in [3.63, 3.8) is 0 Å². The van der Waals surface area contributed by atoms with Gasteiger partial charge in [0.25, 0.3) is 5.56 Å². The summed E-state index contributed by atoms with van der Waals surface area (Å²) in [6, 6.07) is 15.5. The molecule has 0 atom stereocenters. The average molecular weight is 476 g/mol. The molecular weight excluding hydrogens is 450 g/mol. The number of benzene rings is 2. The first kappa shape index (κ1) is 21.9. The quantitative estimate of drug-likeness (QED) is 0.298. The second-order valence-electron chi connectivity index (χ2n) is 8.42. The monoisotopic (exact) mass is 475 g/mol. The minimum absolute atomic E-state index is 0.0390. The Morgan fingerprint density at radius 1 is 1.12 bits per heavy atom. The number of carbonyl (C=O) groups is 1. The van der Waals surface area contributed by atoms with Crippen LogP contribution in [0.3, 0.4) is 0 Å². The van der Waals surface area contributed by atoms with Gasteiger partial charge in [-0.25, -0.2) is 4.98 Å². The molecule has 0 unspecified atom stereocenters. The number of nitrogens with zero attached hydrogens (tertiary/aromatic N) is 2. The van der Waals surface area contributed by atoms with Gasteiger partial charge in [-0.1, -0.05) is 47.7 Å². The van der Waals surface area contributed by atoms with E-state index < -0.39 is 0 Å². The Bertz CT molecular complexity index is 1410. The molecule has 2 heterocycles. The molecule has 7 heteroatoms. The van der Waals surface area contributed by atoms with Gasteiger partial charge in [0.1, 0.15) is 4.83 Å². The molecule has 5 rings (SSSR count). The summed E-state index contributed by atoms with van der Waals surface area (Å²) >= 11 is 2.93. The summed E-state index contributed by atoms with van der Waals surface area (Å²) in [5.41, 5.74) is 4.89. The highest BCUT2D eigenvalue weighted by molar-refractivity contribution is 7.99. The van der Waals surface area contributed by atoms with Crippen molar-refractivity contribution in [1.82, 2.24) is 9.55 Å². The predicted molar refractivity (Wildman–Crippen MR) is 137 cm³/mol. The first-order valence-corrected chi connectivity index (χ1v) is 12.9. The molecule has 2 aromatic heterocycles. The highest BCUT2D eigenvalue weighted by Gasteiger charge is 2.23. The number of rotatable bonds is 5. The third-order valence-corrected chi connectivity index (χ3v) is 8.09. The Morgan fingerprint density at radius 2 is 1.91 bits per heavy atom. The van der Waals surface area contributed by atoms with E-state index in [1.807, 2.05) is 62.4 Å². The lowest BCUT2D eigenvalue weighted by Crippen LogP contribution is -2.23. The van der Waals surface area contributed by atoms with E-state index in [2.05, 4.69) is 5.32 Å². The zero-order valence-electron chi connectivity index (χ0n) is 18.7. The van der Waals surface area contributed by atoms with Crippen LogP contribution < -0.4 is 10.9 Å². The second-order valence-corrected chi connectivity index (χ2v) is 10.4. The third-order valence-electron chi connectivity index (χ3n) is 5.96. The lowest BCUT2D eigenvalue weighted by atomic mass is 9.97. The van der Waals surface area contributed by atoms with Crippen LogP contribution in [0.4, 0.5) is 5.69 Å². The first-order chi connectivity index (χ1) is 16.0. The largest absolute Gasteiger partial charge is 0.325 e. The predicted octanol–water partition coefficient (Wildman–Crippen LogP) is 5.67. The van der Waals surface area contributed by atoms with Gasteiger partial charge < -0.3 is 5.32 Å². The maximum absolute atomic E-state index is 13.7. The molecule has 0 spiro atoms. The number of thiophene rings is 1. The van der Waals surface area contributed by atoms with Crippen molar-refractivity contribution in [2.24, 2.45) is 0 Å². The van der Waals surface area contributed by atoms with E-state index in [0.717, 1.165) is 58.4 Å². The van der Waals surface area contributed by atoms with Crippen LogP contribution in [0, 0.1) is 13.8 Å².